The first-order valence-corrected chi connectivity index (χ1v) is 8.22. The van der Waals surface area contributed by atoms with Crippen LogP contribution in [0.5, 0.6) is 0 Å². The van der Waals surface area contributed by atoms with Gasteiger partial charge in [-0.25, -0.2) is 0 Å². The minimum absolute atomic E-state index is 0.744. The molecule has 0 bridgehead atoms. The Morgan fingerprint density at radius 1 is 1.35 bits per heavy atom. The first-order valence-electron chi connectivity index (χ1n) is 6.55. The normalized spacial score (nSPS) is 13.2. The molecule has 0 aliphatic heterocycles. The van der Waals surface area contributed by atoms with E-state index in [1.54, 1.807) is 0 Å². The summed E-state index contributed by atoms with van der Waals surface area (Å²) in [6.45, 7) is 9.09. The van der Waals surface area contributed by atoms with Crippen LogP contribution < -0.4 is 5.32 Å². The van der Waals surface area contributed by atoms with Gasteiger partial charge in [0.15, 0.2) is 0 Å². The Hall–Kier alpha value is 0.140. The lowest BCUT2D eigenvalue weighted by Gasteiger charge is -2.17. The highest BCUT2D eigenvalue weighted by Gasteiger charge is 2.10. The SMILES string of the molecule is CCCC(CNCC(C)C)Cc1cc(Br)cs1. The molecule has 0 amide bonds. The second-order valence-corrected chi connectivity index (χ2v) is 7.05. The van der Waals surface area contributed by atoms with Crippen molar-refractivity contribution in [1.82, 2.24) is 5.32 Å². The van der Waals surface area contributed by atoms with Crippen LogP contribution in [0.2, 0.25) is 0 Å². The molecule has 0 aliphatic rings. The summed E-state index contributed by atoms with van der Waals surface area (Å²) >= 11 is 5.40. The van der Waals surface area contributed by atoms with Crippen molar-refractivity contribution < 1.29 is 0 Å². The Balaban J connectivity index is 2.37. The molecular formula is C14H24BrNS. The monoisotopic (exact) mass is 317 g/mol. The highest BCUT2D eigenvalue weighted by atomic mass is 79.9. The Morgan fingerprint density at radius 2 is 2.12 bits per heavy atom. The second-order valence-electron chi connectivity index (χ2n) is 5.14. The lowest BCUT2D eigenvalue weighted by Crippen LogP contribution is -2.27. The van der Waals surface area contributed by atoms with Crippen LogP contribution in [0.3, 0.4) is 0 Å². The molecule has 1 aromatic rings. The van der Waals surface area contributed by atoms with Gasteiger partial charge in [0.1, 0.15) is 0 Å². The lowest BCUT2D eigenvalue weighted by molar-refractivity contribution is 0.423. The summed E-state index contributed by atoms with van der Waals surface area (Å²) in [5.74, 6) is 1.53. The van der Waals surface area contributed by atoms with E-state index in [9.17, 15) is 0 Å². The third-order valence-electron chi connectivity index (χ3n) is 2.79. The summed E-state index contributed by atoms with van der Waals surface area (Å²) < 4.78 is 1.22. The molecule has 1 heterocycles. The molecule has 1 nitrogen and oxygen atoms in total. The van der Waals surface area contributed by atoms with Gasteiger partial charge in [-0.15, -0.1) is 11.3 Å². The van der Waals surface area contributed by atoms with Crippen LogP contribution in [0.4, 0.5) is 0 Å². The van der Waals surface area contributed by atoms with Crippen LogP contribution in [0.1, 0.15) is 38.5 Å². The number of hydrogen-bond donors (Lipinski definition) is 1. The summed E-state index contributed by atoms with van der Waals surface area (Å²) in [6, 6.07) is 2.26. The summed E-state index contributed by atoms with van der Waals surface area (Å²) in [4.78, 5) is 1.50. The van der Waals surface area contributed by atoms with Gasteiger partial charge < -0.3 is 5.32 Å². The van der Waals surface area contributed by atoms with Crippen molar-refractivity contribution in [3.05, 3.63) is 20.8 Å². The predicted molar refractivity (Wildman–Crippen MR) is 81.8 cm³/mol. The number of nitrogens with one attached hydrogen (secondary N) is 1. The van der Waals surface area contributed by atoms with E-state index in [1.165, 1.54) is 28.6 Å². The molecule has 0 fully saturated rings. The molecule has 1 atom stereocenters. The van der Waals surface area contributed by atoms with Crippen molar-refractivity contribution in [3.63, 3.8) is 0 Å². The van der Waals surface area contributed by atoms with Gasteiger partial charge in [0.05, 0.1) is 0 Å². The maximum absolute atomic E-state index is 3.59. The van der Waals surface area contributed by atoms with Crippen molar-refractivity contribution >= 4 is 27.3 Å². The topological polar surface area (TPSA) is 12.0 Å². The van der Waals surface area contributed by atoms with Gasteiger partial charge in [-0.3, -0.25) is 0 Å². The molecule has 0 radical (unpaired) electrons. The number of hydrogen-bond acceptors (Lipinski definition) is 2. The van der Waals surface area contributed by atoms with Crippen molar-refractivity contribution in [2.24, 2.45) is 11.8 Å². The summed E-state index contributed by atoms with van der Waals surface area (Å²) in [7, 11) is 0. The van der Waals surface area contributed by atoms with Gasteiger partial charge >= 0.3 is 0 Å². The fourth-order valence-corrected chi connectivity index (χ4v) is 3.57. The minimum atomic E-state index is 0.744. The van der Waals surface area contributed by atoms with E-state index >= 15 is 0 Å². The molecule has 0 saturated carbocycles. The molecule has 17 heavy (non-hydrogen) atoms. The third-order valence-corrected chi connectivity index (χ3v) is 4.51. The fourth-order valence-electron chi connectivity index (χ4n) is 2.01. The zero-order chi connectivity index (χ0) is 12.7. The van der Waals surface area contributed by atoms with E-state index in [4.69, 9.17) is 0 Å². The van der Waals surface area contributed by atoms with Crippen molar-refractivity contribution in [3.8, 4) is 0 Å². The van der Waals surface area contributed by atoms with E-state index < -0.39 is 0 Å². The van der Waals surface area contributed by atoms with E-state index in [2.05, 4.69) is 53.5 Å². The Kier molecular flexibility index (Phi) is 7.40. The maximum atomic E-state index is 3.59. The zero-order valence-corrected chi connectivity index (χ0v) is 13.5. The number of halogens is 1. The molecule has 1 unspecified atom stereocenters. The van der Waals surface area contributed by atoms with Crippen LogP contribution in [0.15, 0.2) is 15.9 Å². The third kappa shape index (κ3) is 6.58. The van der Waals surface area contributed by atoms with Crippen LogP contribution in [-0.2, 0) is 6.42 Å². The molecule has 1 rings (SSSR count). The highest BCUT2D eigenvalue weighted by Crippen LogP contribution is 2.23. The quantitative estimate of drug-likeness (QED) is 0.731. The molecule has 0 aliphatic carbocycles. The summed E-state index contributed by atoms with van der Waals surface area (Å²) in [6.07, 6.45) is 3.82. The molecular weight excluding hydrogens is 294 g/mol. The molecule has 3 heteroatoms. The fraction of sp³-hybridized carbons (Fsp3) is 0.714. The summed E-state index contributed by atoms with van der Waals surface area (Å²) in [5.41, 5.74) is 0. The molecule has 0 saturated heterocycles. The van der Waals surface area contributed by atoms with Crippen LogP contribution in [0.25, 0.3) is 0 Å². The van der Waals surface area contributed by atoms with Crippen molar-refractivity contribution in [2.45, 2.75) is 40.0 Å². The van der Waals surface area contributed by atoms with Gasteiger partial charge in [0.25, 0.3) is 0 Å². The van der Waals surface area contributed by atoms with Crippen LogP contribution in [-0.4, -0.2) is 13.1 Å². The molecule has 1 aromatic heterocycles. The average molecular weight is 318 g/mol. The standard InChI is InChI=1S/C14H24BrNS/c1-4-5-12(9-16-8-11(2)3)6-14-7-13(15)10-17-14/h7,10-12,16H,4-6,8-9H2,1-3H3. The van der Waals surface area contributed by atoms with E-state index in [-0.39, 0.29) is 0 Å². The molecule has 1 N–H and O–H groups in total. The van der Waals surface area contributed by atoms with Gasteiger partial charge in [-0.1, -0.05) is 27.2 Å². The van der Waals surface area contributed by atoms with Crippen molar-refractivity contribution in [1.29, 1.82) is 0 Å². The maximum Gasteiger partial charge on any atom is 0.0285 e. The first-order chi connectivity index (χ1) is 8.11. The summed E-state index contributed by atoms with van der Waals surface area (Å²) in [5, 5.41) is 5.77. The average Bonchev–Trinajstić information content (AvgIpc) is 2.63. The van der Waals surface area contributed by atoms with Gasteiger partial charge in [-0.2, -0.15) is 0 Å². The van der Waals surface area contributed by atoms with Gasteiger partial charge in [-0.05, 0) is 59.8 Å². The molecule has 0 aromatic carbocycles. The smallest absolute Gasteiger partial charge is 0.0285 e. The van der Waals surface area contributed by atoms with E-state index in [0.717, 1.165) is 24.9 Å². The molecule has 0 spiro atoms. The van der Waals surface area contributed by atoms with Gasteiger partial charge in [0, 0.05) is 14.7 Å². The largest absolute Gasteiger partial charge is 0.316 e. The highest BCUT2D eigenvalue weighted by molar-refractivity contribution is 9.10. The second kappa shape index (κ2) is 8.28. The predicted octanol–water partition coefficient (Wildman–Crippen LogP) is 4.72. The number of thiophene rings is 1. The minimum Gasteiger partial charge on any atom is -0.316 e. The van der Waals surface area contributed by atoms with Crippen molar-refractivity contribution in [2.75, 3.05) is 13.1 Å². The zero-order valence-electron chi connectivity index (χ0n) is 11.1. The van der Waals surface area contributed by atoms with Crippen LogP contribution >= 0.6 is 27.3 Å². The number of rotatable bonds is 8. The van der Waals surface area contributed by atoms with E-state index in [1.807, 2.05) is 11.3 Å². The van der Waals surface area contributed by atoms with Gasteiger partial charge in [0.2, 0.25) is 0 Å². The Labute approximate surface area is 118 Å². The lowest BCUT2D eigenvalue weighted by atomic mass is 9.98. The first kappa shape index (κ1) is 15.2. The molecule has 98 valence electrons. The Morgan fingerprint density at radius 3 is 2.65 bits per heavy atom. The van der Waals surface area contributed by atoms with Crippen LogP contribution in [0, 0.1) is 11.8 Å². The van der Waals surface area contributed by atoms with E-state index in [0.29, 0.717) is 0 Å². The Bertz CT molecular complexity index is 309.